The van der Waals surface area contributed by atoms with Crippen molar-refractivity contribution in [3.8, 4) is 11.5 Å². The van der Waals surface area contributed by atoms with Gasteiger partial charge in [0.2, 0.25) is 0 Å². The number of hydrogen-bond donors (Lipinski definition) is 1. The molecule has 70 valence electrons. The Morgan fingerprint density at radius 2 is 2.08 bits per heavy atom. The molecule has 2 heterocycles. The molecule has 0 unspecified atom stereocenters. The first kappa shape index (κ1) is 8.18. The van der Waals surface area contributed by atoms with Gasteiger partial charge in [-0.1, -0.05) is 0 Å². The average Bonchev–Trinajstić information content (AvgIpc) is 2.36. The number of fused-ring (bicyclic) bond motifs is 1. The predicted octanol–water partition coefficient (Wildman–Crippen LogP) is 0.862. The molecule has 0 bridgehead atoms. The second-order valence-corrected chi connectivity index (χ2v) is 2.49. The maximum Gasteiger partial charge on any atom is 0.586 e. The second-order valence-electron chi connectivity index (χ2n) is 2.49. The van der Waals surface area contributed by atoms with Crippen molar-refractivity contribution in [2.24, 2.45) is 5.73 Å². The summed E-state index contributed by atoms with van der Waals surface area (Å²) in [5.74, 6) is -0.0948. The molecule has 0 atom stereocenters. The molecule has 1 aliphatic heterocycles. The van der Waals surface area contributed by atoms with Gasteiger partial charge in [-0.15, -0.1) is 8.78 Å². The van der Waals surface area contributed by atoms with E-state index in [1.165, 1.54) is 12.3 Å². The van der Waals surface area contributed by atoms with Gasteiger partial charge in [-0.05, 0) is 0 Å². The van der Waals surface area contributed by atoms with Crippen LogP contribution in [0.1, 0.15) is 5.69 Å². The number of pyridine rings is 1. The molecule has 0 aliphatic carbocycles. The highest BCUT2D eigenvalue weighted by molar-refractivity contribution is 5.41. The van der Waals surface area contributed by atoms with E-state index in [9.17, 15) is 8.78 Å². The van der Waals surface area contributed by atoms with E-state index in [1.807, 2.05) is 0 Å². The molecule has 1 aliphatic rings. The lowest BCUT2D eigenvalue weighted by Gasteiger charge is -2.04. The Hall–Kier alpha value is -1.43. The van der Waals surface area contributed by atoms with E-state index in [1.54, 1.807) is 0 Å². The minimum Gasteiger partial charge on any atom is -0.395 e. The van der Waals surface area contributed by atoms with Gasteiger partial charge in [-0.2, -0.15) is 0 Å². The van der Waals surface area contributed by atoms with Gasteiger partial charge in [0.25, 0.3) is 0 Å². The molecular weight excluding hydrogens is 182 g/mol. The van der Waals surface area contributed by atoms with Gasteiger partial charge in [0.05, 0.1) is 11.9 Å². The maximum atomic E-state index is 12.5. The van der Waals surface area contributed by atoms with Crippen molar-refractivity contribution in [2.45, 2.75) is 12.8 Å². The Balaban J connectivity index is 2.36. The van der Waals surface area contributed by atoms with Crippen LogP contribution < -0.4 is 15.2 Å². The third-order valence-electron chi connectivity index (χ3n) is 1.55. The number of alkyl halides is 2. The molecule has 1 aromatic heterocycles. The van der Waals surface area contributed by atoms with Crippen molar-refractivity contribution < 1.29 is 18.3 Å². The molecule has 0 spiro atoms. The van der Waals surface area contributed by atoms with Crippen molar-refractivity contribution in [3.05, 3.63) is 18.0 Å². The fraction of sp³-hybridized carbons (Fsp3) is 0.286. The highest BCUT2D eigenvalue weighted by Gasteiger charge is 2.43. The molecule has 0 amide bonds. The van der Waals surface area contributed by atoms with Crippen LogP contribution in [0.3, 0.4) is 0 Å². The molecule has 1 aromatic rings. The van der Waals surface area contributed by atoms with Crippen LogP contribution in [0.2, 0.25) is 0 Å². The van der Waals surface area contributed by atoms with E-state index >= 15 is 0 Å². The summed E-state index contributed by atoms with van der Waals surface area (Å²) in [5, 5.41) is 0. The number of nitrogens with zero attached hydrogens (tertiary/aromatic N) is 1. The van der Waals surface area contributed by atoms with Crippen molar-refractivity contribution >= 4 is 0 Å². The van der Waals surface area contributed by atoms with Gasteiger partial charge in [-0.3, -0.25) is 4.98 Å². The van der Waals surface area contributed by atoms with Crippen LogP contribution in [0.4, 0.5) is 8.78 Å². The molecule has 0 saturated carbocycles. The van der Waals surface area contributed by atoms with Crippen LogP contribution in [0.5, 0.6) is 11.5 Å². The molecule has 0 radical (unpaired) electrons. The number of aromatic nitrogens is 1. The molecule has 0 aromatic carbocycles. The molecule has 2 rings (SSSR count). The number of halogens is 2. The van der Waals surface area contributed by atoms with E-state index in [0.717, 1.165) is 0 Å². The molecule has 4 nitrogen and oxygen atoms in total. The lowest BCUT2D eigenvalue weighted by atomic mass is 10.3. The fourth-order valence-electron chi connectivity index (χ4n) is 1.01. The Morgan fingerprint density at radius 3 is 2.77 bits per heavy atom. The second kappa shape index (κ2) is 2.53. The minimum absolute atomic E-state index is 0.0274. The summed E-state index contributed by atoms with van der Waals surface area (Å²) < 4.78 is 33.3. The summed E-state index contributed by atoms with van der Waals surface area (Å²) in [6, 6.07) is 1.33. The monoisotopic (exact) mass is 188 g/mol. The first-order valence-corrected chi connectivity index (χ1v) is 3.55. The van der Waals surface area contributed by atoms with Crippen molar-refractivity contribution in [2.75, 3.05) is 0 Å². The predicted molar refractivity (Wildman–Crippen MR) is 38.3 cm³/mol. The summed E-state index contributed by atoms with van der Waals surface area (Å²) in [5.41, 5.74) is 5.74. The van der Waals surface area contributed by atoms with E-state index in [0.29, 0.717) is 5.69 Å². The molecule has 2 N–H and O–H groups in total. The van der Waals surface area contributed by atoms with E-state index in [4.69, 9.17) is 5.73 Å². The number of ether oxygens (including phenoxy) is 2. The summed E-state index contributed by atoms with van der Waals surface area (Å²) in [6.07, 6.45) is -2.42. The van der Waals surface area contributed by atoms with Gasteiger partial charge in [0.15, 0.2) is 11.5 Å². The quantitative estimate of drug-likeness (QED) is 0.710. The van der Waals surface area contributed by atoms with Crippen LogP contribution in [0, 0.1) is 0 Å². The lowest BCUT2D eigenvalue weighted by molar-refractivity contribution is -0.286. The van der Waals surface area contributed by atoms with Crippen LogP contribution in [0.25, 0.3) is 0 Å². The SMILES string of the molecule is NCc1cc2c(cn1)OC(F)(F)O2. The highest BCUT2D eigenvalue weighted by Crippen LogP contribution is 2.40. The summed E-state index contributed by atoms with van der Waals surface area (Å²) in [4.78, 5) is 3.77. The lowest BCUT2D eigenvalue weighted by Crippen LogP contribution is -2.25. The largest absolute Gasteiger partial charge is 0.586 e. The zero-order valence-electron chi connectivity index (χ0n) is 6.46. The summed E-state index contributed by atoms with van der Waals surface area (Å²) >= 11 is 0. The van der Waals surface area contributed by atoms with E-state index in [2.05, 4.69) is 14.5 Å². The summed E-state index contributed by atoms with van der Waals surface area (Å²) in [7, 11) is 0. The molecule has 0 saturated heterocycles. The highest BCUT2D eigenvalue weighted by atomic mass is 19.3. The number of hydrogen-bond acceptors (Lipinski definition) is 4. The topological polar surface area (TPSA) is 57.4 Å². The Bertz CT molecular complexity index is 343. The zero-order valence-corrected chi connectivity index (χ0v) is 6.46. The first-order valence-electron chi connectivity index (χ1n) is 3.55. The van der Waals surface area contributed by atoms with Crippen LogP contribution in [0.15, 0.2) is 12.3 Å². The zero-order chi connectivity index (χ0) is 9.47. The first-order chi connectivity index (χ1) is 6.11. The third-order valence-corrected chi connectivity index (χ3v) is 1.55. The average molecular weight is 188 g/mol. The Morgan fingerprint density at radius 1 is 1.38 bits per heavy atom. The Labute approximate surface area is 72.3 Å². The van der Waals surface area contributed by atoms with Crippen LogP contribution in [-0.2, 0) is 6.54 Å². The molecule has 6 heteroatoms. The molecule has 0 fully saturated rings. The van der Waals surface area contributed by atoms with Crippen molar-refractivity contribution in [3.63, 3.8) is 0 Å². The fourth-order valence-corrected chi connectivity index (χ4v) is 1.01. The number of nitrogens with two attached hydrogens (primary N) is 1. The van der Waals surface area contributed by atoms with Gasteiger partial charge in [0, 0.05) is 12.6 Å². The number of rotatable bonds is 1. The minimum atomic E-state index is -3.59. The molecule has 13 heavy (non-hydrogen) atoms. The smallest absolute Gasteiger partial charge is 0.395 e. The Kier molecular flexibility index (Phi) is 1.59. The van der Waals surface area contributed by atoms with Crippen LogP contribution in [-0.4, -0.2) is 11.3 Å². The summed E-state index contributed by atoms with van der Waals surface area (Å²) in [6.45, 7) is 0.169. The van der Waals surface area contributed by atoms with Crippen molar-refractivity contribution in [1.82, 2.24) is 4.98 Å². The van der Waals surface area contributed by atoms with E-state index in [-0.39, 0.29) is 18.0 Å². The maximum absolute atomic E-state index is 12.5. The standard InChI is InChI=1S/C7H6F2N2O2/c8-7(9)12-5-1-4(2-10)11-3-6(5)13-7/h1,3H,2,10H2. The third kappa shape index (κ3) is 1.40. The normalized spacial score (nSPS) is 17.5. The van der Waals surface area contributed by atoms with Crippen LogP contribution >= 0.6 is 0 Å². The van der Waals surface area contributed by atoms with Gasteiger partial charge in [-0.25, -0.2) is 0 Å². The van der Waals surface area contributed by atoms with Gasteiger partial charge >= 0.3 is 6.29 Å². The van der Waals surface area contributed by atoms with Crippen molar-refractivity contribution in [1.29, 1.82) is 0 Å². The van der Waals surface area contributed by atoms with Gasteiger partial charge < -0.3 is 15.2 Å². The van der Waals surface area contributed by atoms with E-state index < -0.39 is 6.29 Å². The molecular formula is C7H6F2N2O2. The van der Waals surface area contributed by atoms with Gasteiger partial charge in [0.1, 0.15) is 0 Å².